The van der Waals surface area contributed by atoms with Crippen LogP contribution in [0.15, 0.2) is 12.1 Å². The highest BCUT2D eigenvalue weighted by atomic mass is 35.5. The Morgan fingerprint density at radius 2 is 2.21 bits per heavy atom. The summed E-state index contributed by atoms with van der Waals surface area (Å²) in [5.74, 6) is 1.65. The first-order valence-electron chi connectivity index (χ1n) is 6.53. The standard InChI is InChI=1S/C14H16ClNO3/c1-8-2-3-10(4-8)16-14(17)9-5-11(15)13-12(6-9)18-7-19-13/h5-6,8,10H,2-4,7H2,1H3,(H,16,17). The van der Waals surface area contributed by atoms with E-state index in [1.807, 2.05) is 0 Å². The smallest absolute Gasteiger partial charge is 0.251 e. The molecule has 0 radical (unpaired) electrons. The second kappa shape index (κ2) is 4.93. The van der Waals surface area contributed by atoms with E-state index in [9.17, 15) is 4.79 Å². The van der Waals surface area contributed by atoms with Crippen LogP contribution in [0, 0.1) is 5.92 Å². The first kappa shape index (κ1) is 12.6. The summed E-state index contributed by atoms with van der Waals surface area (Å²) in [6, 6.07) is 3.58. The molecule has 19 heavy (non-hydrogen) atoms. The van der Waals surface area contributed by atoms with Gasteiger partial charge in [-0.2, -0.15) is 0 Å². The van der Waals surface area contributed by atoms with E-state index in [4.69, 9.17) is 21.1 Å². The number of benzene rings is 1. The Kier molecular flexibility index (Phi) is 3.27. The van der Waals surface area contributed by atoms with Crippen LogP contribution in [0.2, 0.25) is 5.02 Å². The van der Waals surface area contributed by atoms with Crippen LogP contribution >= 0.6 is 11.6 Å². The van der Waals surface area contributed by atoms with Gasteiger partial charge in [-0.1, -0.05) is 18.5 Å². The average Bonchev–Trinajstić information content (AvgIpc) is 2.98. The molecular formula is C14H16ClNO3. The molecule has 1 aliphatic carbocycles. The second-order valence-electron chi connectivity index (χ2n) is 5.28. The SMILES string of the molecule is CC1CCC(NC(=O)c2cc(Cl)c3c(c2)OCO3)C1. The van der Waals surface area contributed by atoms with Gasteiger partial charge >= 0.3 is 0 Å². The van der Waals surface area contributed by atoms with E-state index in [-0.39, 0.29) is 18.7 Å². The summed E-state index contributed by atoms with van der Waals surface area (Å²) in [6.45, 7) is 2.36. The molecule has 2 aliphatic rings. The van der Waals surface area contributed by atoms with Crippen molar-refractivity contribution < 1.29 is 14.3 Å². The van der Waals surface area contributed by atoms with Crippen molar-refractivity contribution >= 4 is 17.5 Å². The van der Waals surface area contributed by atoms with Gasteiger partial charge in [-0.15, -0.1) is 0 Å². The highest BCUT2D eigenvalue weighted by Crippen LogP contribution is 2.39. The zero-order valence-electron chi connectivity index (χ0n) is 10.7. The lowest BCUT2D eigenvalue weighted by Gasteiger charge is -2.13. The Balaban J connectivity index is 1.75. The fourth-order valence-electron chi connectivity index (χ4n) is 2.71. The zero-order valence-corrected chi connectivity index (χ0v) is 11.5. The summed E-state index contributed by atoms with van der Waals surface area (Å²) in [7, 11) is 0. The maximum absolute atomic E-state index is 12.2. The second-order valence-corrected chi connectivity index (χ2v) is 5.69. The lowest BCUT2D eigenvalue weighted by atomic mass is 10.1. The molecule has 4 nitrogen and oxygen atoms in total. The van der Waals surface area contributed by atoms with Crippen molar-refractivity contribution in [1.29, 1.82) is 0 Å². The maximum Gasteiger partial charge on any atom is 0.251 e. The van der Waals surface area contributed by atoms with Crippen LogP contribution in [-0.2, 0) is 0 Å². The molecule has 1 N–H and O–H groups in total. The number of fused-ring (bicyclic) bond motifs is 1. The third kappa shape index (κ3) is 2.50. The van der Waals surface area contributed by atoms with Crippen LogP contribution in [0.5, 0.6) is 11.5 Å². The number of carbonyl (C=O) groups excluding carboxylic acids is 1. The molecule has 0 bridgehead atoms. The fraction of sp³-hybridized carbons (Fsp3) is 0.500. The molecule has 0 saturated heterocycles. The Labute approximate surface area is 117 Å². The Bertz CT molecular complexity index is 518. The quantitative estimate of drug-likeness (QED) is 0.906. The van der Waals surface area contributed by atoms with E-state index >= 15 is 0 Å². The topological polar surface area (TPSA) is 47.6 Å². The van der Waals surface area contributed by atoms with Gasteiger partial charge in [-0.3, -0.25) is 4.79 Å². The van der Waals surface area contributed by atoms with Gasteiger partial charge in [0.2, 0.25) is 6.79 Å². The Hall–Kier alpha value is -1.42. The van der Waals surface area contributed by atoms with Crippen LogP contribution in [-0.4, -0.2) is 18.7 Å². The van der Waals surface area contributed by atoms with E-state index in [0.717, 1.165) is 12.8 Å². The fourth-order valence-corrected chi connectivity index (χ4v) is 2.97. The summed E-state index contributed by atoms with van der Waals surface area (Å²) in [5.41, 5.74) is 0.522. The minimum atomic E-state index is -0.0979. The lowest BCUT2D eigenvalue weighted by molar-refractivity contribution is 0.0937. The molecule has 1 fully saturated rings. The summed E-state index contributed by atoms with van der Waals surface area (Å²) >= 11 is 6.07. The van der Waals surface area contributed by atoms with Crippen molar-refractivity contribution in [1.82, 2.24) is 5.32 Å². The predicted octanol–water partition coefficient (Wildman–Crippen LogP) is 2.99. The number of nitrogens with one attached hydrogen (secondary N) is 1. The molecule has 1 aromatic rings. The number of hydrogen-bond donors (Lipinski definition) is 1. The minimum absolute atomic E-state index is 0.0979. The molecule has 1 saturated carbocycles. The van der Waals surface area contributed by atoms with Gasteiger partial charge < -0.3 is 14.8 Å². The number of ether oxygens (including phenoxy) is 2. The van der Waals surface area contributed by atoms with Gasteiger partial charge in [-0.25, -0.2) is 0 Å². The van der Waals surface area contributed by atoms with Crippen molar-refractivity contribution in [2.24, 2.45) is 5.92 Å². The van der Waals surface area contributed by atoms with Crippen molar-refractivity contribution in [3.63, 3.8) is 0 Å². The molecular weight excluding hydrogens is 266 g/mol. The van der Waals surface area contributed by atoms with Crippen molar-refractivity contribution in [2.45, 2.75) is 32.2 Å². The summed E-state index contributed by atoms with van der Waals surface area (Å²) in [4.78, 5) is 12.2. The highest BCUT2D eigenvalue weighted by Gasteiger charge is 2.25. The zero-order chi connectivity index (χ0) is 13.4. The first-order valence-corrected chi connectivity index (χ1v) is 6.91. The van der Waals surface area contributed by atoms with E-state index in [1.54, 1.807) is 12.1 Å². The van der Waals surface area contributed by atoms with Crippen LogP contribution < -0.4 is 14.8 Å². The lowest BCUT2D eigenvalue weighted by Crippen LogP contribution is -2.32. The molecule has 1 aliphatic heterocycles. The van der Waals surface area contributed by atoms with Gasteiger partial charge in [0.25, 0.3) is 5.91 Å². The van der Waals surface area contributed by atoms with E-state index in [0.29, 0.717) is 28.0 Å². The molecule has 5 heteroatoms. The molecule has 2 atom stereocenters. The maximum atomic E-state index is 12.2. The summed E-state index contributed by atoms with van der Waals surface area (Å²) < 4.78 is 10.5. The van der Waals surface area contributed by atoms with Crippen molar-refractivity contribution in [2.75, 3.05) is 6.79 Å². The van der Waals surface area contributed by atoms with Crippen LogP contribution in [0.3, 0.4) is 0 Å². The van der Waals surface area contributed by atoms with E-state index in [1.165, 1.54) is 6.42 Å². The minimum Gasteiger partial charge on any atom is -0.454 e. The predicted molar refractivity (Wildman–Crippen MR) is 71.8 cm³/mol. The van der Waals surface area contributed by atoms with E-state index < -0.39 is 0 Å². The normalized spacial score (nSPS) is 24.5. The third-order valence-corrected chi connectivity index (χ3v) is 4.00. The largest absolute Gasteiger partial charge is 0.454 e. The summed E-state index contributed by atoms with van der Waals surface area (Å²) in [6.07, 6.45) is 3.27. The van der Waals surface area contributed by atoms with Crippen LogP contribution in [0.25, 0.3) is 0 Å². The highest BCUT2D eigenvalue weighted by molar-refractivity contribution is 6.32. The number of hydrogen-bond acceptors (Lipinski definition) is 3. The molecule has 102 valence electrons. The summed E-state index contributed by atoms with van der Waals surface area (Å²) in [5, 5.41) is 3.47. The van der Waals surface area contributed by atoms with Gasteiger partial charge in [0, 0.05) is 11.6 Å². The molecule has 2 unspecified atom stereocenters. The molecule has 3 rings (SSSR count). The average molecular weight is 282 g/mol. The number of halogens is 1. The van der Waals surface area contributed by atoms with Gasteiger partial charge in [0.05, 0.1) is 5.02 Å². The number of rotatable bonds is 2. The Morgan fingerprint density at radius 1 is 1.37 bits per heavy atom. The van der Waals surface area contributed by atoms with E-state index in [2.05, 4.69) is 12.2 Å². The van der Waals surface area contributed by atoms with Gasteiger partial charge in [0.15, 0.2) is 11.5 Å². The molecule has 0 aromatic heterocycles. The van der Waals surface area contributed by atoms with Crippen LogP contribution in [0.1, 0.15) is 36.5 Å². The number of amides is 1. The Morgan fingerprint density at radius 3 is 2.95 bits per heavy atom. The van der Waals surface area contributed by atoms with Crippen LogP contribution in [0.4, 0.5) is 0 Å². The molecule has 0 spiro atoms. The van der Waals surface area contributed by atoms with Crippen molar-refractivity contribution in [3.8, 4) is 11.5 Å². The number of carbonyl (C=O) groups is 1. The van der Waals surface area contributed by atoms with Gasteiger partial charge in [0.1, 0.15) is 0 Å². The third-order valence-electron chi connectivity index (χ3n) is 3.72. The molecule has 1 heterocycles. The first-order chi connectivity index (χ1) is 9.13. The molecule has 1 amide bonds. The monoisotopic (exact) mass is 281 g/mol. The van der Waals surface area contributed by atoms with Gasteiger partial charge in [-0.05, 0) is 37.3 Å². The van der Waals surface area contributed by atoms with Crippen molar-refractivity contribution in [3.05, 3.63) is 22.7 Å². The molecule has 1 aromatic carbocycles.